The zero-order valence-electron chi connectivity index (χ0n) is 14.3. The monoisotopic (exact) mass is 343 g/mol. The number of ether oxygens (including phenoxy) is 1. The summed E-state index contributed by atoms with van der Waals surface area (Å²) in [5, 5.41) is 2.65. The molecule has 0 atom stereocenters. The molecule has 2 N–H and O–H groups in total. The Morgan fingerprint density at radius 3 is 2.39 bits per heavy atom. The first-order valence-electron chi connectivity index (χ1n) is 7.23. The molecule has 1 aromatic rings. The second-order valence-electron chi connectivity index (χ2n) is 5.57. The summed E-state index contributed by atoms with van der Waals surface area (Å²) in [6.07, 6.45) is 0. The SMILES string of the molecule is COc1cc(C)c(C)cc1S(=O)(=O)NCC(=O)NCCN(C)C. The van der Waals surface area contributed by atoms with E-state index in [0.29, 0.717) is 13.1 Å². The van der Waals surface area contributed by atoms with Crippen molar-refractivity contribution in [3.8, 4) is 5.75 Å². The number of amides is 1. The minimum absolute atomic E-state index is 0.0317. The van der Waals surface area contributed by atoms with E-state index in [2.05, 4.69) is 10.0 Å². The number of nitrogens with one attached hydrogen (secondary N) is 2. The Labute approximate surface area is 138 Å². The number of rotatable bonds is 8. The number of aryl methyl sites for hydroxylation is 2. The van der Waals surface area contributed by atoms with E-state index in [1.807, 2.05) is 32.8 Å². The third-order valence-corrected chi connectivity index (χ3v) is 4.80. The van der Waals surface area contributed by atoms with Crippen LogP contribution in [0.15, 0.2) is 17.0 Å². The van der Waals surface area contributed by atoms with Crippen molar-refractivity contribution in [2.45, 2.75) is 18.7 Å². The van der Waals surface area contributed by atoms with Crippen LogP contribution in [0.3, 0.4) is 0 Å². The van der Waals surface area contributed by atoms with Gasteiger partial charge in [-0.1, -0.05) is 0 Å². The lowest BCUT2D eigenvalue weighted by Crippen LogP contribution is -2.39. The van der Waals surface area contributed by atoms with Gasteiger partial charge in [0.05, 0.1) is 13.7 Å². The van der Waals surface area contributed by atoms with Crippen LogP contribution in [0.1, 0.15) is 11.1 Å². The highest BCUT2D eigenvalue weighted by molar-refractivity contribution is 7.89. The summed E-state index contributed by atoms with van der Waals surface area (Å²) in [6, 6.07) is 3.21. The Bertz CT molecular complexity index is 657. The van der Waals surface area contributed by atoms with Gasteiger partial charge in [0, 0.05) is 13.1 Å². The number of nitrogens with zero attached hydrogens (tertiary/aromatic N) is 1. The lowest BCUT2D eigenvalue weighted by molar-refractivity contribution is -0.119. The van der Waals surface area contributed by atoms with E-state index in [1.54, 1.807) is 12.1 Å². The topological polar surface area (TPSA) is 87.7 Å². The number of likely N-dealkylation sites (N-methyl/N-ethyl adjacent to an activating group) is 1. The third kappa shape index (κ3) is 5.81. The molecule has 1 aromatic carbocycles. The van der Waals surface area contributed by atoms with Gasteiger partial charge in [0.2, 0.25) is 15.9 Å². The Kier molecular flexibility index (Phi) is 6.99. The van der Waals surface area contributed by atoms with Crippen molar-refractivity contribution in [3.63, 3.8) is 0 Å². The summed E-state index contributed by atoms with van der Waals surface area (Å²) in [5.41, 5.74) is 1.77. The summed E-state index contributed by atoms with van der Waals surface area (Å²) in [6.45, 7) is 4.53. The standard InChI is InChI=1S/C15H25N3O4S/c1-11-8-13(22-5)14(9-12(11)2)23(20,21)17-10-15(19)16-6-7-18(3)4/h8-9,17H,6-7,10H2,1-5H3,(H,16,19). The van der Waals surface area contributed by atoms with Gasteiger partial charge in [-0.15, -0.1) is 0 Å². The van der Waals surface area contributed by atoms with Gasteiger partial charge >= 0.3 is 0 Å². The summed E-state index contributed by atoms with van der Waals surface area (Å²) >= 11 is 0. The first kappa shape index (κ1) is 19.4. The van der Waals surface area contributed by atoms with Crippen molar-refractivity contribution in [2.75, 3.05) is 40.8 Å². The van der Waals surface area contributed by atoms with Gasteiger partial charge in [0.15, 0.2) is 0 Å². The maximum absolute atomic E-state index is 12.4. The van der Waals surface area contributed by atoms with Crippen LogP contribution in [0.5, 0.6) is 5.75 Å². The van der Waals surface area contributed by atoms with Gasteiger partial charge in [-0.25, -0.2) is 13.1 Å². The van der Waals surface area contributed by atoms with Crippen LogP contribution in [0.4, 0.5) is 0 Å². The Morgan fingerprint density at radius 2 is 1.83 bits per heavy atom. The van der Waals surface area contributed by atoms with Gasteiger partial charge < -0.3 is 15.0 Å². The van der Waals surface area contributed by atoms with Crippen LogP contribution in [0.25, 0.3) is 0 Å². The maximum Gasteiger partial charge on any atom is 0.244 e. The maximum atomic E-state index is 12.4. The number of carbonyl (C=O) groups excluding carboxylic acids is 1. The van der Waals surface area contributed by atoms with Crippen LogP contribution in [0.2, 0.25) is 0 Å². The summed E-state index contributed by atoms with van der Waals surface area (Å²) in [7, 11) is 1.37. The van der Waals surface area contributed by atoms with Crippen molar-refractivity contribution in [2.24, 2.45) is 0 Å². The van der Waals surface area contributed by atoms with E-state index in [0.717, 1.165) is 11.1 Å². The molecular weight excluding hydrogens is 318 g/mol. The largest absolute Gasteiger partial charge is 0.495 e. The molecule has 8 heteroatoms. The van der Waals surface area contributed by atoms with Crippen molar-refractivity contribution >= 4 is 15.9 Å². The van der Waals surface area contributed by atoms with Gasteiger partial charge in [0.25, 0.3) is 0 Å². The zero-order chi connectivity index (χ0) is 17.6. The molecule has 0 unspecified atom stereocenters. The molecular formula is C15H25N3O4S. The summed E-state index contributed by atoms with van der Waals surface area (Å²) in [5.74, 6) is -0.119. The van der Waals surface area contributed by atoms with Crippen LogP contribution < -0.4 is 14.8 Å². The molecule has 1 rings (SSSR count). The fraction of sp³-hybridized carbons (Fsp3) is 0.533. The molecule has 1 amide bonds. The van der Waals surface area contributed by atoms with E-state index in [4.69, 9.17) is 4.74 Å². The predicted molar refractivity (Wildman–Crippen MR) is 89.2 cm³/mol. The molecule has 0 radical (unpaired) electrons. The first-order chi connectivity index (χ1) is 10.7. The van der Waals surface area contributed by atoms with Crippen molar-refractivity contribution in [1.82, 2.24) is 14.9 Å². The van der Waals surface area contributed by atoms with Gasteiger partial charge in [-0.3, -0.25) is 4.79 Å². The highest BCUT2D eigenvalue weighted by atomic mass is 32.2. The van der Waals surface area contributed by atoms with Gasteiger partial charge in [0.1, 0.15) is 10.6 Å². The number of methoxy groups -OCH3 is 1. The summed E-state index contributed by atoms with van der Waals surface area (Å²) in [4.78, 5) is 13.6. The molecule has 0 aromatic heterocycles. The second-order valence-corrected chi connectivity index (χ2v) is 7.30. The third-order valence-electron chi connectivity index (χ3n) is 3.37. The number of carbonyl (C=O) groups is 1. The summed E-state index contributed by atoms with van der Waals surface area (Å²) < 4.78 is 32.2. The van der Waals surface area contributed by atoms with E-state index in [9.17, 15) is 13.2 Å². The second kappa shape index (κ2) is 8.28. The number of benzene rings is 1. The molecule has 7 nitrogen and oxygen atoms in total. The fourth-order valence-corrected chi connectivity index (χ4v) is 3.07. The average Bonchev–Trinajstić information content (AvgIpc) is 2.47. The van der Waals surface area contributed by atoms with Gasteiger partial charge in [-0.2, -0.15) is 0 Å². The van der Waals surface area contributed by atoms with E-state index >= 15 is 0 Å². The smallest absolute Gasteiger partial charge is 0.244 e. The number of hydrogen-bond acceptors (Lipinski definition) is 5. The normalized spacial score (nSPS) is 11.6. The van der Waals surface area contributed by atoms with E-state index in [1.165, 1.54) is 7.11 Å². The quantitative estimate of drug-likeness (QED) is 0.707. The minimum atomic E-state index is -3.82. The zero-order valence-corrected chi connectivity index (χ0v) is 15.1. The molecule has 0 aliphatic carbocycles. The fourth-order valence-electron chi connectivity index (χ4n) is 1.85. The van der Waals surface area contributed by atoms with E-state index < -0.39 is 10.0 Å². The Hall–Kier alpha value is -1.64. The number of hydrogen-bond donors (Lipinski definition) is 2. The van der Waals surface area contributed by atoms with Crippen molar-refractivity contribution in [3.05, 3.63) is 23.3 Å². The van der Waals surface area contributed by atoms with Crippen LogP contribution in [-0.4, -0.2) is 60.1 Å². The highest BCUT2D eigenvalue weighted by Crippen LogP contribution is 2.26. The van der Waals surface area contributed by atoms with E-state index in [-0.39, 0.29) is 23.1 Å². The predicted octanol–water partition coefficient (Wildman–Crippen LogP) is 0.268. The molecule has 0 fully saturated rings. The Balaban J connectivity index is 2.77. The van der Waals surface area contributed by atoms with Gasteiger partial charge in [-0.05, 0) is 51.2 Å². The molecule has 0 spiro atoms. The van der Waals surface area contributed by atoms with Crippen molar-refractivity contribution < 1.29 is 17.9 Å². The van der Waals surface area contributed by atoms with Crippen molar-refractivity contribution in [1.29, 1.82) is 0 Å². The molecule has 23 heavy (non-hydrogen) atoms. The molecule has 0 heterocycles. The molecule has 0 bridgehead atoms. The molecule has 130 valence electrons. The average molecular weight is 343 g/mol. The van der Waals surface area contributed by atoms with Crippen LogP contribution in [-0.2, 0) is 14.8 Å². The van der Waals surface area contributed by atoms with Crippen LogP contribution >= 0.6 is 0 Å². The molecule has 0 aliphatic heterocycles. The number of sulfonamides is 1. The lowest BCUT2D eigenvalue weighted by atomic mass is 10.1. The molecule has 0 saturated heterocycles. The highest BCUT2D eigenvalue weighted by Gasteiger charge is 2.21. The molecule has 0 aliphatic rings. The minimum Gasteiger partial charge on any atom is -0.495 e. The first-order valence-corrected chi connectivity index (χ1v) is 8.72. The lowest BCUT2D eigenvalue weighted by Gasteiger charge is -2.14. The van der Waals surface area contributed by atoms with Crippen LogP contribution in [0, 0.1) is 13.8 Å². The molecule has 0 saturated carbocycles. The Morgan fingerprint density at radius 1 is 1.22 bits per heavy atom.